The molecule has 1 amide bonds. The van der Waals surface area contributed by atoms with Gasteiger partial charge in [0.05, 0.1) is 6.10 Å². The van der Waals surface area contributed by atoms with Gasteiger partial charge in [-0.3, -0.25) is 4.79 Å². The number of carbonyl (C=O) groups is 1. The van der Waals surface area contributed by atoms with Crippen molar-refractivity contribution in [3.05, 3.63) is 48.0 Å². The van der Waals surface area contributed by atoms with Gasteiger partial charge in [0.1, 0.15) is 0 Å². The Balaban J connectivity index is 0.00000208. The fourth-order valence-corrected chi connectivity index (χ4v) is 3.47. The second-order valence-electron chi connectivity index (χ2n) is 6.57. The molecule has 0 unspecified atom stereocenters. The summed E-state index contributed by atoms with van der Waals surface area (Å²) in [5.41, 5.74) is 6.97. The minimum absolute atomic E-state index is 0. The van der Waals surface area contributed by atoms with Gasteiger partial charge in [-0.25, -0.2) is 0 Å². The van der Waals surface area contributed by atoms with Crippen molar-refractivity contribution in [3.63, 3.8) is 0 Å². The molecular formula is C19H25ClN2O2. The van der Waals surface area contributed by atoms with Gasteiger partial charge in [-0.05, 0) is 35.6 Å². The normalized spacial score (nSPS) is 23.5. The number of halogens is 1. The molecule has 4 nitrogen and oxygen atoms in total. The average molecular weight is 349 g/mol. The SMILES string of the molecule is CN(Cc1cccc2ccccc12)C(=O)[C@H]1CC[C@H](N)[C@@H](O)C1.Cl. The van der Waals surface area contributed by atoms with Crippen LogP contribution in [0.3, 0.4) is 0 Å². The molecule has 130 valence electrons. The van der Waals surface area contributed by atoms with Gasteiger partial charge in [0, 0.05) is 25.6 Å². The summed E-state index contributed by atoms with van der Waals surface area (Å²) >= 11 is 0. The van der Waals surface area contributed by atoms with E-state index < -0.39 is 6.10 Å². The molecule has 3 atom stereocenters. The highest BCUT2D eigenvalue weighted by Crippen LogP contribution is 2.26. The Kier molecular flexibility index (Phi) is 6.21. The largest absolute Gasteiger partial charge is 0.391 e. The minimum Gasteiger partial charge on any atom is -0.391 e. The van der Waals surface area contributed by atoms with Crippen LogP contribution in [0.25, 0.3) is 10.8 Å². The summed E-state index contributed by atoms with van der Waals surface area (Å²) in [6.07, 6.45) is 1.37. The summed E-state index contributed by atoms with van der Waals surface area (Å²) < 4.78 is 0. The summed E-state index contributed by atoms with van der Waals surface area (Å²) in [5.74, 6) is -0.0198. The van der Waals surface area contributed by atoms with Crippen molar-refractivity contribution in [1.29, 1.82) is 0 Å². The lowest BCUT2D eigenvalue weighted by Gasteiger charge is -2.32. The average Bonchev–Trinajstić information content (AvgIpc) is 2.57. The lowest BCUT2D eigenvalue weighted by molar-refractivity contribution is -0.137. The van der Waals surface area contributed by atoms with Crippen molar-refractivity contribution in [2.75, 3.05) is 7.05 Å². The molecule has 0 saturated heterocycles. The standard InChI is InChI=1S/C19H24N2O2.ClH/c1-21(19(23)14-9-10-17(20)18(22)11-14)12-15-7-4-6-13-5-2-3-8-16(13)15;/h2-8,14,17-18,22H,9-12,20H2,1H3;1H/t14-,17-,18-;/m0./s1. The quantitative estimate of drug-likeness (QED) is 0.896. The number of nitrogens with zero attached hydrogens (tertiary/aromatic N) is 1. The topological polar surface area (TPSA) is 66.6 Å². The van der Waals surface area contributed by atoms with E-state index in [9.17, 15) is 9.90 Å². The van der Waals surface area contributed by atoms with Crippen molar-refractivity contribution >= 4 is 29.1 Å². The third-order valence-electron chi connectivity index (χ3n) is 4.88. The molecule has 0 aliphatic heterocycles. The Hall–Kier alpha value is -1.62. The van der Waals surface area contributed by atoms with E-state index in [0.717, 1.165) is 12.0 Å². The zero-order chi connectivity index (χ0) is 16.4. The van der Waals surface area contributed by atoms with Crippen molar-refractivity contribution in [2.45, 2.75) is 38.0 Å². The van der Waals surface area contributed by atoms with Gasteiger partial charge in [0.25, 0.3) is 0 Å². The number of hydrogen-bond acceptors (Lipinski definition) is 3. The van der Waals surface area contributed by atoms with Crippen LogP contribution in [0.15, 0.2) is 42.5 Å². The van der Waals surface area contributed by atoms with Crippen LogP contribution < -0.4 is 5.73 Å². The fourth-order valence-electron chi connectivity index (χ4n) is 3.47. The number of carbonyl (C=O) groups excluding carboxylic acids is 1. The first-order valence-electron chi connectivity index (χ1n) is 8.21. The van der Waals surface area contributed by atoms with Crippen LogP contribution in [0, 0.1) is 5.92 Å². The van der Waals surface area contributed by atoms with Gasteiger partial charge in [-0.1, -0.05) is 42.5 Å². The maximum absolute atomic E-state index is 12.7. The fraction of sp³-hybridized carbons (Fsp3) is 0.421. The maximum Gasteiger partial charge on any atom is 0.225 e. The number of fused-ring (bicyclic) bond motifs is 1. The summed E-state index contributed by atoms with van der Waals surface area (Å²) in [6.45, 7) is 0.582. The molecule has 2 aromatic carbocycles. The van der Waals surface area contributed by atoms with Crippen LogP contribution in [0.1, 0.15) is 24.8 Å². The molecule has 0 spiro atoms. The molecule has 1 fully saturated rings. The van der Waals surface area contributed by atoms with Crippen LogP contribution in [-0.4, -0.2) is 35.1 Å². The highest BCUT2D eigenvalue weighted by Gasteiger charge is 2.32. The van der Waals surface area contributed by atoms with E-state index in [4.69, 9.17) is 5.73 Å². The van der Waals surface area contributed by atoms with Gasteiger partial charge in [-0.15, -0.1) is 12.4 Å². The van der Waals surface area contributed by atoms with E-state index in [1.807, 2.05) is 25.2 Å². The maximum atomic E-state index is 12.7. The van der Waals surface area contributed by atoms with Crippen molar-refractivity contribution in [1.82, 2.24) is 4.90 Å². The van der Waals surface area contributed by atoms with Crippen molar-refractivity contribution < 1.29 is 9.90 Å². The first kappa shape index (κ1) is 18.7. The summed E-state index contributed by atoms with van der Waals surface area (Å²) in [7, 11) is 1.84. The second-order valence-corrected chi connectivity index (χ2v) is 6.57. The van der Waals surface area contributed by atoms with E-state index in [0.29, 0.717) is 19.4 Å². The number of benzene rings is 2. The molecule has 0 radical (unpaired) electrons. The Morgan fingerprint density at radius 3 is 2.67 bits per heavy atom. The Morgan fingerprint density at radius 2 is 1.92 bits per heavy atom. The number of nitrogens with two attached hydrogens (primary N) is 1. The molecule has 0 bridgehead atoms. The van der Waals surface area contributed by atoms with Gasteiger partial charge in [0.15, 0.2) is 0 Å². The molecule has 3 N–H and O–H groups in total. The molecule has 24 heavy (non-hydrogen) atoms. The molecule has 5 heteroatoms. The van der Waals surface area contributed by atoms with Crippen molar-refractivity contribution in [2.24, 2.45) is 11.7 Å². The summed E-state index contributed by atoms with van der Waals surface area (Å²) in [5, 5.41) is 12.3. The van der Waals surface area contributed by atoms with Gasteiger partial charge in [0.2, 0.25) is 5.91 Å². The van der Waals surface area contributed by atoms with Crippen LogP contribution in [0.4, 0.5) is 0 Å². The summed E-state index contributed by atoms with van der Waals surface area (Å²) in [6, 6.07) is 14.2. The Morgan fingerprint density at radius 1 is 1.21 bits per heavy atom. The minimum atomic E-state index is -0.566. The molecule has 3 rings (SSSR count). The second kappa shape index (κ2) is 7.97. The third kappa shape index (κ3) is 3.89. The van der Waals surface area contributed by atoms with E-state index in [2.05, 4.69) is 24.3 Å². The van der Waals surface area contributed by atoms with Gasteiger partial charge >= 0.3 is 0 Å². The number of amides is 1. The van der Waals surface area contributed by atoms with E-state index >= 15 is 0 Å². The van der Waals surface area contributed by atoms with Crippen LogP contribution >= 0.6 is 12.4 Å². The lowest BCUT2D eigenvalue weighted by atomic mass is 9.83. The smallest absolute Gasteiger partial charge is 0.225 e. The Labute approximate surface area is 149 Å². The van der Waals surface area contributed by atoms with Crippen LogP contribution in [-0.2, 0) is 11.3 Å². The number of aliphatic hydroxyl groups is 1. The third-order valence-corrected chi connectivity index (χ3v) is 4.88. The molecule has 1 saturated carbocycles. The van der Waals surface area contributed by atoms with Gasteiger partial charge < -0.3 is 15.7 Å². The molecule has 2 aromatic rings. The zero-order valence-corrected chi connectivity index (χ0v) is 14.7. The summed E-state index contributed by atoms with van der Waals surface area (Å²) in [4.78, 5) is 14.4. The van der Waals surface area contributed by atoms with Gasteiger partial charge in [-0.2, -0.15) is 0 Å². The highest BCUT2D eigenvalue weighted by molar-refractivity contribution is 5.86. The van der Waals surface area contributed by atoms with E-state index in [1.165, 1.54) is 10.8 Å². The number of rotatable bonds is 3. The monoisotopic (exact) mass is 348 g/mol. The number of aliphatic hydroxyl groups excluding tert-OH is 1. The van der Waals surface area contributed by atoms with Crippen molar-refractivity contribution in [3.8, 4) is 0 Å². The predicted octanol–water partition coefficient (Wildman–Crippen LogP) is 2.71. The zero-order valence-electron chi connectivity index (χ0n) is 13.9. The highest BCUT2D eigenvalue weighted by atomic mass is 35.5. The van der Waals surface area contributed by atoms with E-state index in [-0.39, 0.29) is 30.3 Å². The number of hydrogen-bond donors (Lipinski definition) is 2. The molecular weight excluding hydrogens is 324 g/mol. The lowest BCUT2D eigenvalue weighted by Crippen LogP contribution is -2.44. The Bertz CT molecular complexity index is 701. The first-order chi connectivity index (χ1) is 11.1. The molecule has 0 heterocycles. The first-order valence-corrected chi connectivity index (χ1v) is 8.21. The van der Waals surface area contributed by atoms with Crippen LogP contribution in [0.5, 0.6) is 0 Å². The molecule has 1 aliphatic carbocycles. The molecule has 0 aromatic heterocycles. The molecule has 1 aliphatic rings. The van der Waals surface area contributed by atoms with Crippen LogP contribution in [0.2, 0.25) is 0 Å². The van der Waals surface area contributed by atoms with E-state index in [1.54, 1.807) is 4.90 Å². The predicted molar refractivity (Wildman–Crippen MR) is 99.0 cm³/mol.